The summed E-state index contributed by atoms with van der Waals surface area (Å²) in [7, 11) is 0. The first-order valence-electron chi connectivity index (χ1n) is 9.81. The van der Waals surface area contributed by atoms with Gasteiger partial charge in [-0.3, -0.25) is 4.79 Å². The maximum absolute atomic E-state index is 13.0. The number of carbonyl (C=O) groups excluding carboxylic acids is 1. The second-order valence-corrected chi connectivity index (χ2v) is 7.18. The van der Waals surface area contributed by atoms with Crippen molar-refractivity contribution in [1.29, 1.82) is 0 Å². The lowest BCUT2D eigenvalue weighted by molar-refractivity contribution is -0.118. The molecule has 0 aliphatic carbocycles. The average molecular weight is 417 g/mol. The molecular formula is C22H25FN2O3S. The summed E-state index contributed by atoms with van der Waals surface area (Å²) >= 11 is 5.65. The number of likely N-dealkylation sites (tertiary alicyclic amines) is 1. The SMILES string of the molecule is CCOc1cc(C(=S)N2CCCCC2)ccc1OCC(=O)Nc1ccc(F)cc1. The molecule has 1 heterocycles. The van der Waals surface area contributed by atoms with Gasteiger partial charge in [0, 0.05) is 24.3 Å². The Balaban J connectivity index is 1.64. The fourth-order valence-corrected chi connectivity index (χ4v) is 3.49. The van der Waals surface area contributed by atoms with Gasteiger partial charge < -0.3 is 19.7 Å². The summed E-state index contributed by atoms with van der Waals surface area (Å²) in [4.78, 5) is 15.2. The summed E-state index contributed by atoms with van der Waals surface area (Å²) in [5.41, 5.74) is 1.42. The first-order valence-corrected chi connectivity index (χ1v) is 10.2. The van der Waals surface area contributed by atoms with Crippen LogP contribution in [0.15, 0.2) is 42.5 Å². The standard InChI is InChI=1S/C22H25FN2O3S/c1-2-27-20-14-16(22(29)25-12-4-3-5-13-25)6-11-19(20)28-15-21(26)24-18-9-7-17(23)8-10-18/h6-11,14H,2-5,12-13,15H2,1H3,(H,24,26). The van der Waals surface area contributed by atoms with Gasteiger partial charge in [0.2, 0.25) is 0 Å². The molecule has 0 aromatic heterocycles. The van der Waals surface area contributed by atoms with E-state index in [0.717, 1.165) is 36.5 Å². The Labute approximate surface area is 175 Å². The Kier molecular flexibility index (Phi) is 7.41. The van der Waals surface area contributed by atoms with Crippen molar-refractivity contribution >= 4 is 28.8 Å². The molecule has 0 saturated carbocycles. The van der Waals surface area contributed by atoms with Gasteiger partial charge in [0.25, 0.3) is 5.91 Å². The van der Waals surface area contributed by atoms with E-state index in [2.05, 4.69) is 10.2 Å². The van der Waals surface area contributed by atoms with Gasteiger partial charge in [0.1, 0.15) is 10.8 Å². The van der Waals surface area contributed by atoms with Crippen molar-refractivity contribution < 1.29 is 18.7 Å². The Morgan fingerprint density at radius 3 is 2.48 bits per heavy atom. The van der Waals surface area contributed by atoms with E-state index in [1.165, 1.54) is 30.7 Å². The van der Waals surface area contributed by atoms with Crippen molar-refractivity contribution in [3.63, 3.8) is 0 Å². The largest absolute Gasteiger partial charge is 0.490 e. The number of carbonyl (C=O) groups is 1. The number of anilines is 1. The average Bonchev–Trinajstić information content (AvgIpc) is 2.75. The normalized spacial score (nSPS) is 13.7. The van der Waals surface area contributed by atoms with Crippen molar-refractivity contribution in [2.45, 2.75) is 26.2 Å². The zero-order valence-electron chi connectivity index (χ0n) is 16.4. The molecule has 3 rings (SSSR count). The van der Waals surface area contributed by atoms with Crippen LogP contribution in [0.1, 0.15) is 31.7 Å². The molecule has 5 nitrogen and oxygen atoms in total. The third-order valence-corrected chi connectivity index (χ3v) is 5.11. The van der Waals surface area contributed by atoms with E-state index in [4.69, 9.17) is 21.7 Å². The van der Waals surface area contributed by atoms with E-state index in [9.17, 15) is 9.18 Å². The zero-order valence-corrected chi connectivity index (χ0v) is 17.3. The van der Waals surface area contributed by atoms with Crippen LogP contribution < -0.4 is 14.8 Å². The van der Waals surface area contributed by atoms with Crippen LogP contribution in [-0.2, 0) is 4.79 Å². The highest BCUT2D eigenvalue weighted by Crippen LogP contribution is 2.29. The van der Waals surface area contributed by atoms with Crippen molar-refractivity contribution in [3.8, 4) is 11.5 Å². The van der Waals surface area contributed by atoms with Gasteiger partial charge in [-0.2, -0.15) is 0 Å². The number of halogens is 1. The number of piperidine rings is 1. The Hall–Kier alpha value is -2.67. The molecular weight excluding hydrogens is 391 g/mol. The molecule has 1 aliphatic heterocycles. The van der Waals surface area contributed by atoms with E-state index < -0.39 is 0 Å². The molecule has 1 fully saturated rings. The van der Waals surface area contributed by atoms with Gasteiger partial charge in [-0.1, -0.05) is 12.2 Å². The van der Waals surface area contributed by atoms with Crippen LogP contribution in [0.25, 0.3) is 0 Å². The molecule has 2 aromatic rings. The van der Waals surface area contributed by atoms with E-state index in [-0.39, 0.29) is 18.3 Å². The summed E-state index contributed by atoms with van der Waals surface area (Å²) < 4.78 is 24.3. The molecule has 29 heavy (non-hydrogen) atoms. The van der Waals surface area contributed by atoms with Gasteiger partial charge >= 0.3 is 0 Å². The smallest absolute Gasteiger partial charge is 0.262 e. The van der Waals surface area contributed by atoms with Gasteiger partial charge in [-0.05, 0) is 68.7 Å². The first kappa shape index (κ1) is 21.0. The number of nitrogens with one attached hydrogen (secondary N) is 1. The molecule has 0 atom stereocenters. The summed E-state index contributed by atoms with van der Waals surface area (Å²) in [5.74, 6) is 0.334. The van der Waals surface area contributed by atoms with Crippen LogP contribution in [0.5, 0.6) is 11.5 Å². The Morgan fingerprint density at radius 1 is 1.07 bits per heavy atom. The molecule has 1 aliphatic rings. The number of rotatable bonds is 7. The van der Waals surface area contributed by atoms with Gasteiger partial charge in [0.05, 0.1) is 6.61 Å². The Morgan fingerprint density at radius 2 is 1.79 bits per heavy atom. The first-order chi connectivity index (χ1) is 14.1. The van der Waals surface area contributed by atoms with Crippen LogP contribution >= 0.6 is 12.2 Å². The van der Waals surface area contributed by atoms with Crippen molar-refractivity contribution in [2.75, 3.05) is 31.6 Å². The van der Waals surface area contributed by atoms with Crippen molar-refractivity contribution in [1.82, 2.24) is 4.90 Å². The molecule has 0 unspecified atom stereocenters. The highest BCUT2D eigenvalue weighted by molar-refractivity contribution is 7.80. The summed E-state index contributed by atoms with van der Waals surface area (Å²) in [6.45, 7) is 4.13. The van der Waals surface area contributed by atoms with Crippen LogP contribution in [0.3, 0.4) is 0 Å². The third-order valence-electron chi connectivity index (χ3n) is 4.62. The second-order valence-electron chi connectivity index (χ2n) is 6.79. The molecule has 1 saturated heterocycles. The minimum absolute atomic E-state index is 0.187. The molecule has 0 bridgehead atoms. The number of nitrogens with zero attached hydrogens (tertiary/aromatic N) is 1. The molecule has 7 heteroatoms. The van der Waals surface area contributed by atoms with E-state index in [1.807, 2.05) is 19.1 Å². The fraction of sp³-hybridized carbons (Fsp3) is 0.364. The molecule has 0 spiro atoms. The third kappa shape index (κ3) is 5.90. The van der Waals surface area contributed by atoms with Gasteiger partial charge in [0.15, 0.2) is 18.1 Å². The predicted molar refractivity (Wildman–Crippen MR) is 115 cm³/mol. The van der Waals surface area contributed by atoms with Crippen molar-refractivity contribution in [2.24, 2.45) is 0 Å². The van der Waals surface area contributed by atoms with Gasteiger partial charge in [-0.15, -0.1) is 0 Å². The molecule has 154 valence electrons. The van der Waals surface area contributed by atoms with E-state index >= 15 is 0 Å². The quantitative estimate of drug-likeness (QED) is 0.678. The van der Waals surface area contributed by atoms with E-state index in [1.54, 1.807) is 6.07 Å². The van der Waals surface area contributed by atoms with Crippen LogP contribution in [-0.4, -0.2) is 42.1 Å². The molecule has 1 amide bonds. The number of thiocarbonyl (C=S) groups is 1. The summed E-state index contributed by atoms with van der Waals surface area (Å²) in [6, 6.07) is 11.1. The maximum Gasteiger partial charge on any atom is 0.262 e. The number of hydrogen-bond acceptors (Lipinski definition) is 4. The van der Waals surface area contributed by atoms with E-state index in [0.29, 0.717) is 23.8 Å². The topological polar surface area (TPSA) is 50.8 Å². The van der Waals surface area contributed by atoms with Crippen LogP contribution in [0.2, 0.25) is 0 Å². The maximum atomic E-state index is 13.0. The predicted octanol–water partition coefficient (Wildman–Crippen LogP) is 4.40. The molecule has 0 radical (unpaired) electrons. The second kappa shape index (κ2) is 10.2. The van der Waals surface area contributed by atoms with Crippen molar-refractivity contribution in [3.05, 3.63) is 53.8 Å². The number of amides is 1. The van der Waals surface area contributed by atoms with Gasteiger partial charge in [-0.25, -0.2) is 4.39 Å². The minimum Gasteiger partial charge on any atom is -0.490 e. The molecule has 1 N–H and O–H groups in total. The van der Waals surface area contributed by atoms with Crippen LogP contribution in [0.4, 0.5) is 10.1 Å². The summed E-state index contributed by atoms with van der Waals surface area (Å²) in [6.07, 6.45) is 3.56. The minimum atomic E-state index is -0.358. The van der Waals surface area contributed by atoms with Crippen LogP contribution in [0, 0.1) is 5.82 Å². The summed E-state index contributed by atoms with van der Waals surface area (Å²) in [5, 5.41) is 2.66. The Bertz CT molecular complexity index is 852. The molecule has 2 aromatic carbocycles. The monoisotopic (exact) mass is 416 g/mol. The number of hydrogen-bond donors (Lipinski definition) is 1. The zero-order chi connectivity index (χ0) is 20.6. The fourth-order valence-electron chi connectivity index (χ4n) is 3.18. The highest BCUT2D eigenvalue weighted by atomic mass is 32.1. The lowest BCUT2D eigenvalue weighted by atomic mass is 10.1. The number of benzene rings is 2. The highest BCUT2D eigenvalue weighted by Gasteiger charge is 2.17. The number of ether oxygens (including phenoxy) is 2. The lowest BCUT2D eigenvalue weighted by Crippen LogP contribution is -2.34. The lowest BCUT2D eigenvalue weighted by Gasteiger charge is -2.29.